The van der Waals surface area contributed by atoms with E-state index in [4.69, 9.17) is 0 Å². The van der Waals surface area contributed by atoms with E-state index in [0.29, 0.717) is 31.1 Å². The molecule has 8 heteroatoms. The molecule has 28 heavy (non-hydrogen) atoms. The molecule has 2 atom stereocenters. The van der Waals surface area contributed by atoms with Crippen LogP contribution in [0.5, 0.6) is 0 Å². The molecule has 2 amide bonds. The van der Waals surface area contributed by atoms with Crippen LogP contribution in [0.25, 0.3) is 0 Å². The molecule has 8 nitrogen and oxygen atoms in total. The zero-order valence-electron chi connectivity index (χ0n) is 16.3. The number of non-ortho nitro benzene ring substituents is 1. The molecule has 2 fully saturated rings. The maximum Gasteiger partial charge on any atom is 0.271 e. The van der Waals surface area contributed by atoms with Crippen molar-refractivity contribution in [2.24, 2.45) is 5.92 Å². The van der Waals surface area contributed by atoms with Gasteiger partial charge < -0.3 is 10.2 Å². The molecule has 2 aliphatic heterocycles. The number of nitrogens with one attached hydrogen (secondary N) is 1. The van der Waals surface area contributed by atoms with E-state index in [1.54, 1.807) is 17.0 Å². The summed E-state index contributed by atoms with van der Waals surface area (Å²) in [4.78, 5) is 39.2. The van der Waals surface area contributed by atoms with E-state index in [1.165, 1.54) is 12.1 Å². The Hall–Kier alpha value is -2.48. The first-order chi connectivity index (χ1) is 13.5. The number of carbonyl (C=O) groups is 2. The lowest BCUT2D eigenvalue weighted by Gasteiger charge is -2.36. The van der Waals surface area contributed by atoms with Gasteiger partial charge in [0.15, 0.2) is 0 Å². The smallest absolute Gasteiger partial charge is 0.271 e. The topological polar surface area (TPSA) is 95.8 Å². The number of carbonyl (C=O) groups excluding carboxylic acids is 2. The van der Waals surface area contributed by atoms with Gasteiger partial charge in [-0.25, -0.2) is 0 Å². The largest absolute Gasteiger partial charge is 0.356 e. The van der Waals surface area contributed by atoms with Crippen molar-refractivity contribution in [2.45, 2.75) is 45.1 Å². The van der Waals surface area contributed by atoms with Crippen molar-refractivity contribution in [3.63, 3.8) is 0 Å². The number of hydrogen-bond donors (Lipinski definition) is 1. The summed E-state index contributed by atoms with van der Waals surface area (Å²) in [6, 6.07) is 6.07. The van der Waals surface area contributed by atoms with Crippen LogP contribution in [0.15, 0.2) is 24.3 Å². The number of nitrogens with zero attached hydrogens (tertiary/aromatic N) is 3. The SMILES string of the molecule is CCCC(=O)NCC1CCCN(C2CCN(c3cccc([N+](=O)[O-])c3)C2=O)C1. The number of likely N-dealkylation sites (tertiary alicyclic amines) is 1. The fourth-order valence-corrected chi connectivity index (χ4v) is 4.16. The lowest BCUT2D eigenvalue weighted by Crippen LogP contribution is -2.48. The Morgan fingerprint density at radius 2 is 2.14 bits per heavy atom. The lowest BCUT2D eigenvalue weighted by atomic mass is 9.96. The van der Waals surface area contributed by atoms with Gasteiger partial charge in [0.25, 0.3) is 5.69 Å². The minimum atomic E-state index is -0.441. The molecular formula is C20H28N4O4. The molecule has 0 aliphatic carbocycles. The molecule has 1 N–H and O–H groups in total. The van der Waals surface area contributed by atoms with E-state index in [-0.39, 0.29) is 23.5 Å². The Balaban J connectivity index is 1.60. The third kappa shape index (κ3) is 4.67. The molecule has 0 aromatic heterocycles. The minimum absolute atomic E-state index is 0.00499. The van der Waals surface area contributed by atoms with Gasteiger partial charge in [0.05, 0.1) is 16.7 Å². The Morgan fingerprint density at radius 1 is 1.32 bits per heavy atom. The number of benzene rings is 1. The number of nitro benzene ring substituents is 1. The number of anilines is 1. The second-order valence-electron chi connectivity index (χ2n) is 7.63. The van der Waals surface area contributed by atoms with Crippen LogP contribution in [0.2, 0.25) is 0 Å². The Labute approximate surface area is 165 Å². The molecule has 2 heterocycles. The first kappa shape index (κ1) is 20.3. The monoisotopic (exact) mass is 388 g/mol. The second-order valence-corrected chi connectivity index (χ2v) is 7.63. The minimum Gasteiger partial charge on any atom is -0.356 e. The zero-order chi connectivity index (χ0) is 20.1. The van der Waals surface area contributed by atoms with Gasteiger partial charge in [-0.2, -0.15) is 0 Å². The van der Waals surface area contributed by atoms with Crippen molar-refractivity contribution >= 4 is 23.2 Å². The van der Waals surface area contributed by atoms with Crippen LogP contribution in [0.4, 0.5) is 11.4 Å². The van der Waals surface area contributed by atoms with Crippen molar-refractivity contribution < 1.29 is 14.5 Å². The molecule has 3 rings (SSSR count). The Bertz CT molecular complexity index is 739. The van der Waals surface area contributed by atoms with Crippen LogP contribution < -0.4 is 10.2 Å². The van der Waals surface area contributed by atoms with Gasteiger partial charge in [-0.3, -0.25) is 24.6 Å². The fourth-order valence-electron chi connectivity index (χ4n) is 4.16. The van der Waals surface area contributed by atoms with Crippen molar-refractivity contribution in [1.82, 2.24) is 10.2 Å². The van der Waals surface area contributed by atoms with Crippen LogP contribution in [-0.2, 0) is 9.59 Å². The molecule has 2 unspecified atom stereocenters. The number of piperidine rings is 1. The second kappa shape index (κ2) is 9.14. The zero-order valence-corrected chi connectivity index (χ0v) is 16.3. The molecule has 0 spiro atoms. The van der Waals surface area contributed by atoms with Gasteiger partial charge in [-0.15, -0.1) is 0 Å². The normalized spacial score (nSPS) is 23.0. The number of nitro groups is 1. The number of hydrogen-bond acceptors (Lipinski definition) is 5. The summed E-state index contributed by atoms with van der Waals surface area (Å²) in [5.41, 5.74) is 0.580. The Morgan fingerprint density at radius 3 is 2.89 bits per heavy atom. The standard InChI is InChI=1S/C20H28N4O4/c1-2-5-19(25)21-13-15-6-4-10-22(14-15)18-9-11-23(20(18)26)16-7-3-8-17(12-16)24(27)28/h3,7-8,12,15,18H,2,4-6,9-11,13-14H2,1H3,(H,21,25). The highest BCUT2D eigenvalue weighted by atomic mass is 16.6. The van der Waals surface area contributed by atoms with Crippen LogP contribution in [0.3, 0.4) is 0 Å². The van der Waals surface area contributed by atoms with Gasteiger partial charge in [-0.05, 0) is 44.2 Å². The van der Waals surface area contributed by atoms with E-state index < -0.39 is 4.92 Å². The summed E-state index contributed by atoms with van der Waals surface area (Å²) in [5.74, 6) is 0.457. The first-order valence-corrected chi connectivity index (χ1v) is 10.1. The predicted octanol–water partition coefficient (Wildman–Crippen LogP) is 2.33. The van der Waals surface area contributed by atoms with E-state index in [2.05, 4.69) is 10.2 Å². The molecule has 0 radical (unpaired) electrons. The van der Waals surface area contributed by atoms with Crippen molar-refractivity contribution in [3.05, 3.63) is 34.4 Å². The van der Waals surface area contributed by atoms with Gasteiger partial charge in [0.2, 0.25) is 11.8 Å². The summed E-state index contributed by atoms with van der Waals surface area (Å²) < 4.78 is 0. The van der Waals surface area contributed by atoms with Crippen LogP contribution in [0, 0.1) is 16.0 Å². The van der Waals surface area contributed by atoms with Gasteiger partial charge in [0.1, 0.15) is 0 Å². The highest BCUT2D eigenvalue weighted by Crippen LogP contribution is 2.29. The van der Waals surface area contributed by atoms with Crippen LogP contribution >= 0.6 is 0 Å². The van der Waals surface area contributed by atoms with E-state index in [9.17, 15) is 19.7 Å². The number of amides is 2. The van der Waals surface area contributed by atoms with E-state index in [0.717, 1.165) is 38.8 Å². The quantitative estimate of drug-likeness (QED) is 0.571. The van der Waals surface area contributed by atoms with Crippen molar-refractivity contribution in [1.29, 1.82) is 0 Å². The van der Waals surface area contributed by atoms with Gasteiger partial charge in [0, 0.05) is 38.2 Å². The van der Waals surface area contributed by atoms with Crippen LogP contribution in [-0.4, -0.2) is 53.9 Å². The Kier molecular flexibility index (Phi) is 6.61. The maximum atomic E-state index is 13.0. The molecule has 152 valence electrons. The molecular weight excluding hydrogens is 360 g/mol. The van der Waals surface area contributed by atoms with Crippen molar-refractivity contribution in [3.8, 4) is 0 Å². The van der Waals surface area contributed by atoms with Gasteiger partial charge >= 0.3 is 0 Å². The summed E-state index contributed by atoms with van der Waals surface area (Å²) in [6.45, 7) is 4.88. The maximum absolute atomic E-state index is 13.0. The highest BCUT2D eigenvalue weighted by molar-refractivity contribution is 5.99. The fraction of sp³-hybridized carbons (Fsp3) is 0.600. The van der Waals surface area contributed by atoms with Gasteiger partial charge in [-0.1, -0.05) is 13.0 Å². The molecule has 2 aliphatic rings. The number of rotatable bonds is 7. The highest BCUT2D eigenvalue weighted by Gasteiger charge is 2.38. The van der Waals surface area contributed by atoms with Crippen LogP contribution in [0.1, 0.15) is 39.0 Å². The van der Waals surface area contributed by atoms with E-state index in [1.807, 2.05) is 6.92 Å². The third-order valence-electron chi connectivity index (χ3n) is 5.59. The molecule has 2 saturated heterocycles. The summed E-state index contributed by atoms with van der Waals surface area (Å²) in [6.07, 6.45) is 4.17. The van der Waals surface area contributed by atoms with E-state index >= 15 is 0 Å². The predicted molar refractivity (Wildman–Crippen MR) is 106 cm³/mol. The average Bonchev–Trinajstić information content (AvgIpc) is 3.08. The summed E-state index contributed by atoms with van der Waals surface area (Å²) in [7, 11) is 0. The molecule has 1 aromatic carbocycles. The summed E-state index contributed by atoms with van der Waals surface area (Å²) in [5, 5.41) is 14.0. The third-order valence-corrected chi connectivity index (χ3v) is 5.59. The molecule has 0 saturated carbocycles. The summed E-state index contributed by atoms with van der Waals surface area (Å²) >= 11 is 0. The average molecular weight is 388 g/mol. The van der Waals surface area contributed by atoms with Crippen molar-refractivity contribution in [2.75, 3.05) is 31.1 Å². The molecule has 0 bridgehead atoms. The first-order valence-electron chi connectivity index (χ1n) is 10.1. The lowest BCUT2D eigenvalue weighted by molar-refractivity contribution is -0.384. The molecule has 1 aromatic rings.